The SMILES string of the molecule is COc1cc2c(cc1[N+](=O)[O-])-c1cnn(C)c1CCN2C(=O)OC(C)(C)C. The van der Waals surface area contributed by atoms with Crippen molar-refractivity contribution in [1.82, 2.24) is 9.78 Å². The van der Waals surface area contributed by atoms with E-state index < -0.39 is 16.6 Å². The van der Waals surface area contributed by atoms with Crippen LogP contribution in [0.15, 0.2) is 18.3 Å². The Balaban J connectivity index is 2.21. The third-order valence-electron chi connectivity index (χ3n) is 4.32. The van der Waals surface area contributed by atoms with Crippen molar-refractivity contribution in [2.24, 2.45) is 7.05 Å². The van der Waals surface area contributed by atoms with Gasteiger partial charge in [-0.1, -0.05) is 0 Å². The molecule has 3 rings (SSSR count). The Morgan fingerprint density at radius 2 is 2.00 bits per heavy atom. The molecule has 0 saturated carbocycles. The predicted molar refractivity (Wildman–Crippen MR) is 99.1 cm³/mol. The number of ether oxygens (including phenoxy) is 2. The van der Waals surface area contributed by atoms with E-state index >= 15 is 0 Å². The fourth-order valence-electron chi connectivity index (χ4n) is 3.13. The highest BCUT2D eigenvalue weighted by Gasteiger charge is 2.32. The molecule has 2 aromatic rings. The number of nitrogens with zero attached hydrogens (tertiary/aromatic N) is 4. The van der Waals surface area contributed by atoms with Crippen LogP contribution in [0.25, 0.3) is 11.1 Å². The lowest BCUT2D eigenvalue weighted by Gasteiger charge is -2.27. The number of nitro groups is 1. The predicted octanol–water partition coefficient (Wildman–Crippen LogP) is 3.30. The zero-order valence-corrected chi connectivity index (χ0v) is 16.0. The molecular formula is C18H22N4O5. The minimum absolute atomic E-state index is 0.0830. The van der Waals surface area contributed by atoms with E-state index in [-0.39, 0.29) is 11.4 Å². The van der Waals surface area contributed by atoms with Crippen LogP contribution in [0, 0.1) is 10.1 Å². The number of methoxy groups -OCH3 is 1. The molecule has 0 N–H and O–H groups in total. The number of benzene rings is 1. The van der Waals surface area contributed by atoms with Gasteiger partial charge in [0.15, 0.2) is 5.75 Å². The van der Waals surface area contributed by atoms with Crippen LogP contribution in [0.5, 0.6) is 5.75 Å². The fourth-order valence-corrected chi connectivity index (χ4v) is 3.13. The molecule has 9 heteroatoms. The van der Waals surface area contributed by atoms with Crippen molar-refractivity contribution in [1.29, 1.82) is 0 Å². The summed E-state index contributed by atoms with van der Waals surface area (Å²) >= 11 is 0. The number of aromatic nitrogens is 2. The summed E-state index contributed by atoms with van der Waals surface area (Å²) in [6.07, 6.45) is 1.68. The second-order valence-corrected chi connectivity index (χ2v) is 7.31. The van der Waals surface area contributed by atoms with Gasteiger partial charge in [0.25, 0.3) is 0 Å². The minimum atomic E-state index is -0.664. The minimum Gasteiger partial charge on any atom is -0.490 e. The Labute approximate surface area is 156 Å². The number of rotatable bonds is 2. The summed E-state index contributed by atoms with van der Waals surface area (Å²) in [5, 5.41) is 15.7. The molecule has 1 aliphatic heterocycles. The topological polar surface area (TPSA) is 99.7 Å². The summed E-state index contributed by atoms with van der Waals surface area (Å²) in [7, 11) is 3.17. The maximum atomic E-state index is 12.8. The van der Waals surface area contributed by atoms with E-state index in [1.807, 2.05) is 0 Å². The monoisotopic (exact) mass is 374 g/mol. The van der Waals surface area contributed by atoms with Gasteiger partial charge in [0, 0.05) is 49.0 Å². The fraction of sp³-hybridized carbons (Fsp3) is 0.444. The average Bonchev–Trinajstić information content (AvgIpc) is 2.85. The Hall–Kier alpha value is -3.10. The van der Waals surface area contributed by atoms with Crippen molar-refractivity contribution < 1.29 is 19.2 Å². The molecule has 0 fully saturated rings. The number of hydrogen-bond acceptors (Lipinski definition) is 6. The lowest BCUT2D eigenvalue weighted by molar-refractivity contribution is -0.385. The zero-order valence-electron chi connectivity index (χ0n) is 16.0. The second kappa shape index (κ2) is 6.57. The van der Waals surface area contributed by atoms with Crippen LogP contribution in [0.1, 0.15) is 26.5 Å². The highest BCUT2D eigenvalue weighted by molar-refractivity contribution is 5.96. The van der Waals surface area contributed by atoms with Gasteiger partial charge in [-0.2, -0.15) is 5.10 Å². The largest absolute Gasteiger partial charge is 0.490 e. The molecule has 0 unspecified atom stereocenters. The Bertz CT molecular complexity index is 913. The van der Waals surface area contributed by atoms with E-state index in [1.54, 1.807) is 38.7 Å². The Kier molecular flexibility index (Phi) is 4.54. The molecule has 1 amide bonds. The highest BCUT2D eigenvalue weighted by atomic mass is 16.6. The first-order valence-electron chi connectivity index (χ1n) is 8.50. The van der Waals surface area contributed by atoms with Crippen LogP contribution in [-0.4, -0.2) is 40.1 Å². The normalized spacial score (nSPS) is 13.4. The number of anilines is 1. The number of hydrogen-bond donors (Lipinski definition) is 0. The smallest absolute Gasteiger partial charge is 0.414 e. The summed E-state index contributed by atoms with van der Waals surface area (Å²) in [5.41, 5.74) is 1.86. The third kappa shape index (κ3) is 3.44. The molecule has 0 atom stereocenters. The van der Waals surface area contributed by atoms with Crippen LogP contribution < -0.4 is 9.64 Å². The van der Waals surface area contributed by atoms with Crippen LogP contribution >= 0.6 is 0 Å². The van der Waals surface area contributed by atoms with Gasteiger partial charge in [0.2, 0.25) is 0 Å². The Morgan fingerprint density at radius 1 is 1.30 bits per heavy atom. The van der Waals surface area contributed by atoms with Gasteiger partial charge in [-0.05, 0) is 20.8 Å². The summed E-state index contributed by atoms with van der Waals surface area (Å²) < 4.78 is 12.4. The van der Waals surface area contributed by atoms with Crippen molar-refractivity contribution >= 4 is 17.5 Å². The van der Waals surface area contributed by atoms with Crippen LogP contribution in [0.2, 0.25) is 0 Å². The third-order valence-corrected chi connectivity index (χ3v) is 4.32. The molecule has 1 aromatic carbocycles. The average molecular weight is 374 g/mol. The quantitative estimate of drug-likeness (QED) is 0.591. The van der Waals surface area contributed by atoms with Crippen LogP contribution in [0.3, 0.4) is 0 Å². The van der Waals surface area contributed by atoms with Crippen molar-refractivity contribution in [3.8, 4) is 16.9 Å². The van der Waals surface area contributed by atoms with E-state index in [9.17, 15) is 14.9 Å². The first-order chi connectivity index (χ1) is 12.6. The van der Waals surface area contributed by atoms with Gasteiger partial charge in [-0.25, -0.2) is 4.79 Å². The molecule has 0 aliphatic carbocycles. The number of amides is 1. The molecule has 1 aliphatic rings. The lowest BCUT2D eigenvalue weighted by Crippen LogP contribution is -2.38. The molecule has 0 spiro atoms. The van der Waals surface area contributed by atoms with Gasteiger partial charge in [-0.3, -0.25) is 19.7 Å². The Morgan fingerprint density at radius 3 is 2.59 bits per heavy atom. The van der Waals surface area contributed by atoms with E-state index in [0.717, 1.165) is 11.3 Å². The maximum Gasteiger partial charge on any atom is 0.414 e. The van der Waals surface area contributed by atoms with Crippen molar-refractivity contribution in [3.63, 3.8) is 0 Å². The molecule has 144 valence electrons. The summed E-state index contributed by atoms with van der Waals surface area (Å²) in [5.74, 6) is 0.0830. The first kappa shape index (κ1) is 18.7. The molecule has 0 bridgehead atoms. The molecule has 1 aromatic heterocycles. The van der Waals surface area contributed by atoms with Gasteiger partial charge in [-0.15, -0.1) is 0 Å². The number of carbonyl (C=O) groups is 1. The van der Waals surface area contributed by atoms with E-state index in [1.165, 1.54) is 24.1 Å². The number of aryl methyl sites for hydroxylation is 1. The number of carbonyl (C=O) groups excluding carboxylic acids is 1. The van der Waals surface area contributed by atoms with E-state index in [4.69, 9.17) is 9.47 Å². The van der Waals surface area contributed by atoms with Crippen molar-refractivity contribution in [2.75, 3.05) is 18.6 Å². The van der Waals surface area contributed by atoms with E-state index in [2.05, 4.69) is 5.10 Å². The first-order valence-corrected chi connectivity index (χ1v) is 8.50. The molecule has 0 radical (unpaired) electrons. The van der Waals surface area contributed by atoms with E-state index in [0.29, 0.717) is 24.2 Å². The van der Waals surface area contributed by atoms with Gasteiger partial charge < -0.3 is 9.47 Å². The molecular weight excluding hydrogens is 352 g/mol. The molecule has 0 saturated heterocycles. The molecule has 2 heterocycles. The summed E-state index contributed by atoms with van der Waals surface area (Å²) in [6.45, 7) is 5.73. The molecule has 27 heavy (non-hydrogen) atoms. The van der Waals surface area contributed by atoms with Gasteiger partial charge in [0.05, 0.1) is 23.9 Å². The summed E-state index contributed by atoms with van der Waals surface area (Å²) in [6, 6.07) is 2.94. The number of nitro benzene ring substituents is 1. The number of fused-ring (bicyclic) bond motifs is 3. The van der Waals surface area contributed by atoms with Crippen molar-refractivity contribution in [2.45, 2.75) is 32.8 Å². The van der Waals surface area contributed by atoms with Crippen molar-refractivity contribution in [3.05, 3.63) is 34.1 Å². The van der Waals surface area contributed by atoms with Crippen LogP contribution in [-0.2, 0) is 18.2 Å². The van der Waals surface area contributed by atoms with Gasteiger partial charge >= 0.3 is 11.8 Å². The second-order valence-electron chi connectivity index (χ2n) is 7.31. The lowest BCUT2D eigenvalue weighted by atomic mass is 10.0. The van der Waals surface area contributed by atoms with Crippen LogP contribution in [0.4, 0.5) is 16.2 Å². The molecule has 9 nitrogen and oxygen atoms in total. The van der Waals surface area contributed by atoms with Gasteiger partial charge in [0.1, 0.15) is 5.60 Å². The zero-order chi connectivity index (χ0) is 19.9. The highest BCUT2D eigenvalue weighted by Crippen LogP contribution is 2.43. The standard InChI is InChI=1S/C18H22N4O5/c1-18(2,3)27-17(23)21-7-6-13-12(10-19-20(13)4)11-8-15(22(24)25)16(26-5)9-14(11)21/h8-10H,6-7H2,1-5H3. The summed E-state index contributed by atoms with van der Waals surface area (Å²) in [4.78, 5) is 25.3. The maximum absolute atomic E-state index is 12.8.